The maximum atomic E-state index is 13.3. The van der Waals surface area contributed by atoms with Crippen molar-refractivity contribution >= 4 is 0 Å². The first kappa shape index (κ1) is 19.5. The first-order valence-electron chi connectivity index (χ1n) is 9.16. The van der Waals surface area contributed by atoms with E-state index in [9.17, 15) is 8.78 Å². The third-order valence-electron chi connectivity index (χ3n) is 4.82. The molecule has 0 spiro atoms. The summed E-state index contributed by atoms with van der Waals surface area (Å²) in [6.45, 7) is 5.89. The van der Waals surface area contributed by atoms with Crippen LogP contribution in [0.15, 0.2) is 48.5 Å². The highest BCUT2D eigenvalue weighted by Crippen LogP contribution is 2.26. The van der Waals surface area contributed by atoms with Crippen LogP contribution in [0.2, 0.25) is 0 Å². The fourth-order valence-electron chi connectivity index (χ4n) is 3.26. The second-order valence-electron chi connectivity index (χ2n) is 6.68. The number of ether oxygens (including phenoxy) is 1. The van der Waals surface area contributed by atoms with Gasteiger partial charge in [0.05, 0.1) is 13.2 Å². The van der Waals surface area contributed by atoms with E-state index in [-0.39, 0.29) is 17.7 Å². The Kier molecular flexibility index (Phi) is 6.94. The van der Waals surface area contributed by atoms with Gasteiger partial charge in [0.2, 0.25) is 0 Å². The first-order valence-corrected chi connectivity index (χ1v) is 9.16. The summed E-state index contributed by atoms with van der Waals surface area (Å²) in [5, 5.41) is 0. The van der Waals surface area contributed by atoms with E-state index in [0.29, 0.717) is 13.2 Å². The van der Waals surface area contributed by atoms with Crippen LogP contribution in [0.3, 0.4) is 0 Å². The summed E-state index contributed by atoms with van der Waals surface area (Å²) in [5.74, 6) is 2.10. The first-order chi connectivity index (χ1) is 13.2. The van der Waals surface area contributed by atoms with E-state index in [0.717, 1.165) is 43.9 Å². The van der Waals surface area contributed by atoms with Gasteiger partial charge in [-0.05, 0) is 35.4 Å². The second kappa shape index (κ2) is 9.61. The maximum Gasteiger partial charge on any atom is 0.123 e. The van der Waals surface area contributed by atoms with E-state index in [1.807, 2.05) is 0 Å². The summed E-state index contributed by atoms with van der Waals surface area (Å²) in [4.78, 5) is 4.61. The molecule has 0 atom stereocenters. The van der Waals surface area contributed by atoms with Crippen LogP contribution in [-0.4, -0.2) is 55.7 Å². The predicted octanol–water partition coefficient (Wildman–Crippen LogP) is 3.32. The minimum absolute atomic E-state index is 0.290. The van der Waals surface area contributed by atoms with Crippen LogP contribution in [0.1, 0.15) is 17.2 Å². The van der Waals surface area contributed by atoms with Crippen LogP contribution < -0.4 is 0 Å². The molecule has 5 heteroatoms. The van der Waals surface area contributed by atoms with Gasteiger partial charge in [0.1, 0.15) is 17.7 Å². The van der Waals surface area contributed by atoms with Gasteiger partial charge in [-0.25, -0.2) is 8.78 Å². The van der Waals surface area contributed by atoms with Crippen molar-refractivity contribution in [2.24, 2.45) is 0 Å². The third-order valence-corrected chi connectivity index (χ3v) is 4.82. The maximum absolute atomic E-state index is 13.3. The lowest BCUT2D eigenvalue weighted by molar-refractivity contribution is 0.0469. The number of nitrogens with zero attached hydrogens (tertiary/aromatic N) is 2. The minimum Gasteiger partial charge on any atom is -0.367 e. The molecule has 0 bridgehead atoms. The summed E-state index contributed by atoms with van der Waals surface area (Å²) >= 11 is 0. The standard InChI is InChI=1S/C22H24F2N2O/c1-2-11-25-12-14-26(15-13-25)16-17-27-22(18-3-7-20(23)8-4-18)19-5-9-21(24)10-6-19/h1,3-10,22H,11-17H2. The molecule has 0 saturated carbocycles. The molecule has 2 aromatic carbocycles. The molecule has 27 heavy (non-hydrogen) atoms. The Morgan fingerprint density at radius 3 is 1.81 bits per heavy atom. The van der Waals surface area contributed by atoms with Crippen molar-refractivity contribution in [1.82, 2.24) is 9.80 Å². The Morgan fingerprint density at radius 1 is 0.852 bits per heavy atom. The van der Waals surface area contributed by atoms with E-state index < -0.39 is 0 Å². The third kappa shape index (κ3) is 5.61. The Morgan fingerprint density at radius 2 is 1.33 bits per heavy atom. The van der Waals surface area contributed by atoms with Crippen molar-refractivity contribution in [2.45, 2.75) is 6.10 Å². The van der Waals surface area contributed by atoms with Gasteiger partial charge < -0.3 is 4.74 Å². The number of hydrogen-bond donors (Lipinski definition) is 0. The highest BCUT2D eigenvalue weighted by atomic mass is 19.1. The second-order valence-corrected chi connectivity index (χ2v) is 6.68. The zero-order valence-corrected chi connectivity index (χ0v) is 15.3. The fourth-order valence-corrected chi connectivity index (χ4v) is 3.26. The SMILES string of the molecule is C#CCN1CCN(CCOC(c2ccc(F)cc2)c2ccc(F)cc2)CC1. The molecule has 0 aromatic heterocycles. The van der Waals surface area contributed by atoms with Crippen molar-refractivity contribution in [3.8, 4) is 12.3 Å². The van der Waals surface area contributed by atoms with Crippen molar-refractivity contribution in [3.63, 3.8) is 0 Å². The molecule has 3 rings (SSSR count). The van der Waals surface area contributed by atoms with Gasteiger partial charge in [-0.2, -0.15) is 0 Å². The average Bonchev–Trinajstić information content (AvgIpc) is 2.69. The number of piperazine rings is 1. The smallest absolute Gasteiger partial charge is 0.123 e. The van der Waals surface area contributed by atoms with Gasteiger partial charge in [0.15, 0.2) is 0 Å². The average molecular weight is 370 g/mol. The van der Waals surface area contributed by atoms with E-state index in [1.165, 1.54) is 24.3 Å². The molecule has 1 aliphatic heterocycles. The van der Waals surface area contributed by atoms with Crippen LogP contribution >= 0.6 is 0 Å². The topological polar surface area (TPSA) is 15.7 Å². The van der Waals surface area contributed by atoms with Gasteiger partial charge in [-0.1, -0.05) is 30.2 Å². The number of hydrogen-bond acceptors (Lipinski definition) is 3. The molecule has 0 unspecified atom stereocenters. The van der Waals surface area contributed by atoms with Crippen LogP contribution in [0.4, 0.5) is 8.78 Å². The van der Waals surface area contributed by atoms with Crippen molar-refractivity contribution in [3.05, 3.63) is 71.3 Å². The zero-order valence-electron chi connectivity index (χ0n) is 15.3. The van der Waals surface area contributed by atoms with Gasteiger partial charge in [0, 0.05) is 32.7 Å². The van der Waals surface area contributed by atoms with Gasteiger partial charge in [-0.15, -0.1) is 6.42 Å². The monoisotopic (exact) mass is 370 g/mol. The van der Waals surface area contributed by atoms with Crippen LogP contribution in [0.25, 0.3) is 0 Å². The van der Waals surface area contributed by atoms with Crippen molar-refractivity contribution in [1.29, 1.82) is 0 Å². The van der Waals surface area contributed by atoms with Crippen LogP contribution in [0.5, 0.6) is 0 Å². The Bertz CT molecular complexity index is 702. The lowest BCUT2D eigenvalue weighted by atomic mass is 10.0. The van der Waals surface area contributed by atoms with Gasteiger partial charge in [-0.3, -0.25) is 9.80 Å². The largest absolute Gasteiger partial charge is 0.367 e. The molecular formula is C22H24F2N2O. The van der Waals surface area contributed by atoms with Crippen molar-refractivity contribution < 1.29 is 13.5 Å². The Balaban J connectivity index is 1.60. The Labute approximate surface area is 159 Å². The molecule has 142 valence electrons. The fraction of sp³-hybridized carbons (Fsp3) is 0.364. The van der Waals surface area contributed by atoms with E-state index >= 15 is 0 Å². The molecule has 3 nitrogen and oxygen atoms in total. The van der Waals surface area contributed by atoms with Crippen molar-refractivity contribution in [2.75, 3.05) is 45.9 Å². The quantitative estimate of drug-likeness (QED) is 0.696. The van der Waals surface area contributed by atoms with Crippen LogP contribution in [-0.2, 0) is 4.74 Å². The lowest BCUT2D eigenvalue weighted by Crippen LogP contribution is -2.47. The summed E-state index contributed by atoms with van der Waals surface area (Å²) in [6.07, 6.45) is 5.01. The number of benzene rings is 2. The highest BCUT2D eigenvalue weighted by Gasteiger charge is 2.18. The predicted molar refractivity (Wildman–Crippen MR) is 102 cm³/mol. The molecule has 1 fully saturated rings. The number of terminal acetylenes is 1. The molecule has 1 heterocycles. The molecule has 1 saturated heterocycles. The van der Waals surface area contributed by atoms with E-state index in [2.05, 4.69) is 15.7 Å². The molecule has 2 aromatic rings. The summed E-state index contributed by atoms with van der Waals surface area (Å²) in [7, 11) is 0. The minimum atomic E-state index is -0.353. The van der Waals surface area contributed by atoms with Gasteiger partial charge >= 0.3 is 0 Å². The normalized spacial score (nSPS) is 15.8. The molecule has 0 aliphatic carbocycles. The number of rotatable bonds is 7. The molecule has 0 N–H and O–H groups in total. The summed E-state index contributed by atoms with van der Waals surface area (Å²) < 4.78 is 32.7. The molecule has 1 aliphatic rings. The summed E-state index contributed by atoms with van der Waals surface area (Å²) in [6, 6.07) is 12.5. The molecule has 0 radical (unpaired) electrons. The zero-order chi connectivity index (χ0) is 19.1. The Hall–Kier alpha value is -2.26. The molecule has 0 amide bonds. The summed E-state index contributed by atoms with van der Waals surface area (Å²) in [5.41, 5.74) is 1.70. The van der Waals surface area contributed by atoms with E-state index in [4.69, 9.17) is 11.2 Å². The lowest BCUT2D eigenvalue weighted by Gasteiger charge is -2.33. The highest BCUT2D eigenvalue weighted by molar-refractivity contribution is 5.30. The van der Waals surface area contributed by atoms with Crippen LogP contribution in [0, 0.1) is 24.0 Å². The van der Waals surface area contributed by atoms with Gasteiger partial charge in [0.25, 0.3) is 0 Å². The molecular weight excluding hydrogens is 346 g/mol. The number of halogens is 2. The van der Waals surface area contributed by atoms with E-state index in [1.54, 1.807) is 24.3 Å².